The van der Waals surface area contributed by atoms with E-state index in [4.69, 9.17) is 4.74 Å². The number of rotatable bonds is 5. The van der Waals surface area contributed by atoms with Crippen molar-refractivity contribution in [3.63, 3.8) is 0 Å². The molecule has 1 saturated heterocycles. The summed E-state index contributed by atoms with van der Waals surface area (Å²) in [7, 11) is -3.04. The second-order valence-corrected chi connectivity index (χ2v) is 7.15. The fourth-order valence-electron chi connectivity index (χ4n) is 2.10. The van der Waals surface area contributed by atoms with E-state index in [0.717, 1.165) is 18.7 Å². The lowest BCUT2D eigenvalue weighted by Crippen LogP contribution is -3.13. The average Bonchev–Trinajstić information content (AvgIpc) is 2.38. The van der Waals surface area contributed by atoms with Gasteiger partial charge in [-0.3, -0.25) is 9.55 Å². The molecule has 0 amide bonds. The predicted molar refractivity (Wildman–Crippen MR) is 69.0 cm³/mol. The van der Waals surface area contributed by atoms with E-state index in [1.807, 2.05) is 12.1 Å². The van der Waals surface area contributed by atoms with Crippen LogP contribution in [0.4, 0.5) is 0 Å². The highest BCUT2D eigenvalue weighted by Crippen LogP contribution is 2.38. The van der Waals surface area contributed by atoms with Crippen LogP contribution in [-0.4, -0.2) is 48.6 Å². The molecule has 0 bridgehead atoms. The molecule has 6 heteroatoms. The molecule has 1 atom stereocenters. The number of ether oxygens (including phenoxy) is 1. The summed E-state index contributed by atoms with van der Waals surface area (Å²) in [6.45, 7) is 3.05. The molecule has 2 heterocycles. The first-order valence-corrected chi connectivity index (χ1v) is 8.30. The Kier molecular flexibility index (Phi) is 4.89. The molecule has 1 fully saturated rings. The molecule has 2 N–H and O–H groups in total. The number of aromatic nitrogens is 1. The van der Waals surface area contributed by atoms with Crippen LogP contribution in [0.25, 0.3) is 0 Å². The van der Waals surface area contributed by atoms with Gasteiger partial charge in [0.15, 0.2) is 6.29 Å². The molecule has 0 spiro atoms. The van der Waals surface area contributed by atoms with Gasteiger partial charge < -0.3 is 14.5 Å². The summed E-state index contributed by atoms with van der Waals surface area (Å²) >= 11 is 0. The maximum Gasteiger partial charge on any atom is 0.253 e. The van der Waals surface area contributed by atoms with Gasteiger partial charge in [0, 0.05) is 18.6 Å². The van der Waals surface area contributed by atoms with Crippen LogP contribution in [-0.2, 0) is 15.7 Å². The third-order valence-corrected chi connectivity index (χ3v) is 5.03. The molecule has 0 saturated carbocycles. The summed E-state index contributed by atoms with van der Waals surface area (Å²) in [6.07, 6.45) is 4.78. The van der Waals surface area contributed by atoms with Crippen LogP contribution in [0.5, 0.6) is 0 Å². The summed E-state index contributed by atoms with van der Waals surface area (Å²) < 4.78 is 17.4. The average molecular weight is 271 g/mol. The molecule has 2 rings (SSSR count). The van der Waals surface area contributed by atoms with Crippen molar-refractivity contribution in [2.24, 2.45) is 0 Å². The number of nitrogens with one attached hydrogen (secondary N) is 1. The molecule has 5 nitrogen and oxygen atoms in total. The predicted octanol–water partition coefficient (Wildman–Crippen LogP) is -0.233. The molecule has 1 unspecified atom stereocenters. The van der Waals surface area contributed by atoms with E-state index < -0.39 is 7.37 Å². The Hall–Kier alpha value is -0.740. The fraction of sp³-hybridized carbons (Fsp3) is 0.583. The van der Waals surface area contributed by atoms with Crippen LogP contribution in [0.1, 0.15) is 5.56 Å². The summed E-state index contributed by atoms with van der Waals surface area (Å²) in [6, 6.07) is 3.78. The SMILES string of the molecule is O=P(O)(CCc1ccncc1)C[NH+]1CCOCC1. The third-order valence-electron chi connectivity index (χ3n) is 3.17. The number of aryl methyl sites for hydroxylation is 1. The fourth-order valence-corrected chi connectivity index (χ4v) is 3.88. The lowest BCUT2D eigenvalue weighted by molar-refractivity contribution is -0.897. The first-order chi connectivity index (χ1) is 8.66. The van der Waals surface area contributed by atoms with E-state index in [1.54, 1.807) is 12.4 Å². The van der Waals surface area contributed by atoms with Crippen LogP contribution in [0.3, 0.4) is 0 Å². The lowest BCUT2D eigenvalue weighted by Gasteiger charge is -2.25. The highest BCUT2D eigenvalue weighted by molar-refractivity contribution is 7.57. The van der Waals surface area contributed by atoms with Gasteiger partial charge in [0.05, 0.1) is 13.2 Å². The Labute approximate surface area is 107 Å². The van der Waals surface area contributed by atoms with Crippen molar-refractivity contribution in [1.82, 2.24) is 4.98 Å². The zero-order valence-corrected chi connectivity index (χ0v) is 11.3. The quantitative estimate of drug-likeness (QED) is 0.726. The maximum absolute atomic E-state index is 12.1. The van der Waals surface area contributed by atoms with E-state index in [1.165, 1.54) is 4.90 Å². The molecular weight excluding hydrogens is 251 g/mol. The van der Waals surface area contributed by atoms with E-state index in [0.29, 0.717) is 32.1 Å². The molecule has 1 aliphatic heterocycles. The minimum absolute atomic E-state index is 0.349. The summed E-state index contributed by atoms with van der Waals surface area (Å²) in [5, 5.41) is 0. The van der Waals surface area contributed by atoms with Gasteiger partial charge in [0.2, 0.25) is 0 Å². The second-order valence-electron chi connectivity index (χ2n) is 4.70. The Morgan fingerprint density at radius 2 is 2.00 bits per heavy atom. The van der Waals surface area contributed by atoms with Crippen molar-refractivity contribution >= 4 is 7.37 Å². The van der Waals surface area contributed by atoms with Crippen LogP contribution in [0, 0.1) is 0 Å². The topological polar surface area (TPSA) is 63.9 Å². The Bertz CT molecular complexity index is 407. The van der Waals surface area contributed by atoms with Gasteiger partial charge in [-0.1, -0.05) is 0 Å². The van der Waals surface area contributed by atoms with E-state index >= 15 is 0 Å². The van der Waals surface area contributed by atoms with E-state index in [9.17, 15) is 9.46 Å². The monoisotopic (exact) mass is 271 g/mol. The van der Waals surface area contributed by atoms with Crippen LogP contribution < -0.4 is 4.90 Å². The van der Waals surface area contributed by atoms with Gasteiger partial charge >= 0.3 is 0 Å². The number of quaternary nitrogens is 1. The molecule has 0 aromatic carbocycles. The standard InChI is InChI=1S/C12H19N2O3P/c15-18(16,11-14-6-8-17-9-7-14)10-3-12-1-4-13-5-2-12/h1-2,4-5H,3,6-11H2,(H,15,16)/p+1. The van der Waals surface area contributed by atoms with Crippen molar-refractivity contribution in [3.8, 4) is 0 Å². The van der Waals surface area contributed by atoms with Crippen molar-refractivity contribution in [3.05, 3.63) is 30.1 Å². The number of hydrogen-bond acceptors (Lipinski definition) is 3. The molecule has 1 aromatic heterocycles. The Morgan fingerprint density at radius 1 is 1.33 bits per heavy atom. The van der Waals surface area contributed by atoms with Gasteiger partial charge in [-0.2, -0.15) is 0 Å². The maximum atomic E-state index is 12.1. The van der Waals surface area contributed by atoms with Crippen molar-refractivity contribution < 1.29 is 19.1 Å². The van der Waals surface area contributed by atoms with E-state index in [-0.39, 0.29) is 0 Å². The number of morpholine rings is 1. The Balaban J connectivity index is 1.81. The van der Waals surface area contributed by atoms with Crippen LogP contribution in [0.2, 0.25) is 0 Å². The molecule has 18 heavy (non-hydrogen) atoms. The highest BCUT2D eigenvalue weighted by atomic mass is 31.2. The van der Waals surface area contributed by atoms with Gasteiger partial charge in [0.1, 0.15) is 13.1 Å². The molecule has 100 valence electrons. The molecular formula is C12H20N2O3P+. The van der Waals surface area contributed by atoms with Gasteiger partial charge in [0.25, 0.3) is 7.37 Å². The highest BCUT2D eigenvalue weighted by Gasteiger charge is 2.26. The minimum atomic E-state index is -3.04. The van der Waals surface area contributed by atoms with Crippen LogP contribution >= 0.6 is 7.37 Å². The van der Waals surface area contributed by atoms with Gasteiger partial charge in [-0.15, -0.1) is 0 Å². The summed E-state index contributed by atoms with van der Waals surface area (Å²) in [4.78, 5) is 15.1. The smallest absolute Gasteiger partial charge is 0.253 e. The van der Waals surface area contributed by atoms with Crippen molar-refractivity contribution in [2.75, 3.05) is 38.8 Å². The summed E-state index contributed by atoms with van der Waals surface area (Å²) in [5.41, 5.74) is 1.07. The third kappa shape index (κ3) is 4.50. The normalized spacial score (nSPS) is 20.5. The second kappa shape index (κ2) is 6.43. The van der Waals surface area contributed by atoms with Crippen molar-refractivity contribution in [1.29, 1.82) is 0 Å². The minimum Gasteiger partial charge on any atom is -0.370 e. The van der Waals surface area contributed by atoms with Gasteiger partial charge in [-0.25, -0.2) is 0 Å². The number of nitrogens with zero attached hydrogens (tertiary/aromatic N) is 1. The van der Waals surface area contributed by atoms with Crippen LogP contribution in [0.15, 0.2) is 24.5 Å². The molecule has 1 aromatic rings. The molecule has 0 radical (unpaired) electrons. The number of hydrogen-bond donors (Lipinski definition) is 2. The van der Waals surface area contributed by atoms with Gasteiger partial charge in [-0.05, 0) is 24.1 Å². The molecule has 1 aliphatic rings. The first-order valence-electron chi connectivity index (χ1n) is 6.27. The zero-order valence-electron chi connectivity index (χ0n) is 10.4. The Morgan fingerprint density at radius 3 is 2.67 bits per heavy atom. The lowest BCUT2D eigenvalue weighted by atomic mass is 10.2. The van der Waals surface area contributed by atoms with Crippen molar-refractivity contribution in [2.45, 2.75) is 6.42 Å². The molecule has 0 aliphatic carbocycles. The van der Waals surface area contributed by atoms with E-state index in [2.05, 4.69) is 4.98 Å². The first kappa shape index (κ1) is 13.7. The summed E-state index contributed by atoms with van der Waals surface area (Å²) in [5.74, 6) is 0. The largest absolute Gasteiger partial charge is 0.370 e. The zero-order chi connectivity index (χ0) is 12.8. The number of pyridine rings is 1.